The number of hydrogen-bond acceptors (Lipinski definition) is 5. The first-order valence-electron chi connectivity index (χ1n) is 7.64. The van der Waals surface area contributed by atoms with Crippen molar-refractivity contribution in [3.8, 4) is 0 Å². The zero-order valence-corrected chi connectivity index (χ0v) is 13.5. The summed E-state index contributed by atoms with van der Waals surface area (Å²) in [6.45, 7) is 4.98. The van der Waals surface area contributed by atoms with Crippen LogP contribution in [0.25, 0.3) is 0 Å². The fraction of sp³-hybridized carbons (Fsp3) is 0.375. The normalized spacial score (nSPS) is 16.3. The lowest BCUT2D eigenvalue weighted by Crippen LogP contribution is -2.38. The summed E-state index contributed by atoms with van der Waals surface area (Å²) in [5.41, 5.74) is 2.41. The molecule has 23 heavy (non-hydrogen) atoms. The number of aromatic nitrogens is 3. The molecule has 1 fully saturated rings. The van der Waals surface area contributed by atoms with Gasteiger partial charge < -0.3 is 9.80 Å². The molecule has 0 atom stereocenters. The lowest BCUT2D eigenvalue weighted by Gasteiger charge is -2.33. The number of pyridine rings is 1. The Balaban J connectivity index is 1.62. The van der Waals surface area contributed by atoms with Crippen molar-refractivity contribution < 1.29 is 4.79 Å². The lowest BCUT2D eigenvalue weighted by molar-refractivity contribution is 0.0744. The monoisotopic (exact) mass is 329 g/mol. The van der Waals surface area contributed by atoms with Gasteiger partial charge in [-0.1, -0.05) is 11.6 Å². The van der Waals surface area contributed by atoms with E-state index in [4.69, 9.17) is 11.6 Å². The summed E-state index contributed by atoms with van der Waals surface area (Å²) in [5.74, 6) is 1.63. The summed E-state index contributed by atoms with van der Waals surface area (Å²) in [6, 6.07) is 3.33. The van der Waals surface area contributed by atoms with Crippen LogP contribution < -0.4 is 4.90 Å². The highest BCUT2D eigenvalue weighted by molar-refractivity contribution is 6.30. The molecule has 0 spiro atoms. The molecule has 0 N–H and O–H groups in total. The van der Waals surface area contributed by atoms with Crippen molar-refractivity contribution in [3.63, 3.8) is 0 Å². The Kier molecular flexibility index (Phi) is 3.41. The molecule has 118 valence electrons. The summed E-state index contributed by atoms with van der Waals surface area (Å²) in [7, 11) is 0. The molecule has 2 aliphatic rings. The highest BCUT2D eigenvalue weighted by atomic mass is 35.5. The lowest BCUT2D eigenvalue weighted by atomic mass is 10.1. The first-order valence-corrected chi connectivity index (χ1v) is 8.02. The van der Waals surface area contributed by atoms with E-state index in [1.807, 2.05) is 6.92 Å². The van der Waals surface area contributed by atoms with Crippen LogP contribution in [0.5, 0.6) is 0 Å². The highest BCUT2D eigenvalue weighted by Crippen LogP contribution is 2.32. The topological polar surface area (TPSA) is 62.2 Å². The second kappa shape index (κ2) is 5.45. The summed E-state index contributed by atoms with van der Waals surface area (Å²) in [4.78, 5) is 29.9. The molecule has 7 heteroatoms. The largest absolute Gasteiger partial charge is 0.356 e. The van der Waals surface area contributed by atoms with Crippen molar-refractivity contribution in [2.75, 3.05) is 18.0 Å². The summed E-state index contributed by atoms with van der Waals surface area (Å²) in [6.07, 6.45) is 2.68. The number of halogens is 1. The summed E-state index contributed by atoms with van der Waals surface area (Å²) < 4.78 is 0. The second-order valence-corrected chi connectivity index (χ2v) is 6.32. The molecule has 2 aromatic heterocycles. The van der Waals surface area contributed by atoms with Crippen LogP contribution in [-0.2, 0) is 13.1 Å². The fourth-order valence-electron chi connectivity index (χ4n) is 2.96. The molecule has 0 aliphatic carbocycles. The van der Waals surface area contributed by atoms with Gasteiger partial charge in [-0.05, 0) is 25.5 Å². The summed E-state index contributed by atoms with van der Waals surface area (Å²) in [5, 5.41) is 0.521. The van der Waals surface area contributed by atoms with E-state index in [2.05, 4.69) is 19.9 Å². The fourth-order valence-corrected chi connectivity index (χ4v) is 3.07. The van der Waals surface area contributed by atoms with Gasteiger partial charge in [0, 0.05) is 24.8 Å². The van der Waals surface area contributed by atoms with Gasteiger partial charge in [0.25, 0.3) is 5.91 Å². The number of anilines is 1. The molecule has 1 amide bonds. The van der Waals surface area contributed by atoms with Crippen molar-refractivity contribution in [2.45, 2.75) is 26.4 Å². The van der Waals surface area contributed by atoms with Crippen LogP contribution >= 0.6 is 11.6 Å². The predicted molar refractivity (Wildman–Crippen MR) is 86.4 cm³/mol. The van der Waals surface area contributed by atoms with Gasteiger partial charge in [-0.3, -0.25) is 4.79 Å². The second-order valence-electron chi connectivity index (χ2n) is 5.88. The molecular formula is C16H16ClN5O. The van der Waals surface area contributed by atoms with Crippen LogP contribution in [0.4, 0.5) is 5.82 Å². The first-order chi connectivity index (χ1) is 11.1. The third-order valence-electron chi connectivity index (χ3n) is 4.26. The first kappa shape index (κ1) is 14.4. The highest BCUT2D eigenvalue weighted by Gasteiger charge is 2.31. The SMILES string of the molecule is Cc1nc2c(c(N3CCC3)n1)CN(C(=O)c1ccc(Cl)cn1)C2. The average molecular weight is 330 g/mol. The van der Waals surface area contributed by atoms with E-state index in [1.54, 1.807) is 17.0 Å². The van der Waals surface area contributed by atoms with Gasteiger partial charge in [-0.25, -0.2) is 15.0 Å². The third kappa shape index (κ3) is 2.53. The smallest absolute Gasteiger partial charge is 0.273 e. The third-order valence-corrected chi connectivity index (χ3v) is 4.49. The number of carbonyl (C=O) groups excluding carboxylic acids is 1. The number of rotatable bonds is 2. The maximum atomic E-state index is 12.6. The molecular weight excluding hydrogens is 314 g/mol. The molecule has 2 aliphatic heterocycles. The molecule has 4 heterocycles. The van der Waals surface area contributed by atoms with Gasteiger partial charge in [0.1, 0.15) is 17.3 Å². The predicted octanol–water partition coefficient (Wildman–Crippen LogP) is 2.20. The number of hydrogen-bond donors (Lipinski definition) is 0. The molecule has 0 unspecified atom stereocenters. The zero-order chi connectivity index (χ0) is 16.0. The quantitative estimate of drug-likeness (QED) is 0.845. The minimum absolute atomic E-state index is 0.105. The maximum absolute atomic E-state index is 12.6. The minimum Gasteiger partial charge on any atom is -0.356 e. The Labute approximate surface area is 139 Å². The van der Waals surface area contributed by atoms with E-state index in [-0.39, 0.29) is 5.91 Å². The molecule has 0 saturated carbocycles. The van der Waals surface area contributed by atoms with E-state index >= 15 is 0 Å². The Morgan fingerprint density at radius 2 is 2.04 bits per heavy atom. The van der Waals surface area contributed by atoms with E-state index in [0.717, 1.165) is 36.0 Å². The molecule has 1 saturated heterocycles. The Morgan fingerprint density at radius 1 is 1.22 bits per heavy atom. The summed E-state index contributed by atoms with van der Waals surface area (Å²) >= 11 is 5.83. The van der Waals surface area contributed by atoms with Crippen molar-refractivity contribution in [2.24, 2.45) is 0 Å². The van der Waals surface area contributed by atoms with Crippen molar-refractivity contribution >= 4 is 23.3 Å². The number of aryl methyl sites for hydroxylation is 1. The van der Waals surface area contributed by atoms with Gasteiger partial charge in [-0.15, -0.1) is 0 Å². The van der Waals surface area contributed by atoms with Gasteiger partial charge in [0.05, 0.1) is 23.8 Å². The number of carbonyl (C=O) groups is 1. The molecule has 0 radical (unpaired) electrons. The van der Waals surface area contributed by atoms with Crippen molar-refractivity contribution in [1.29, 1.82) is 0 Å². The van der Waals surface area contributed by atoms with E-state index in [1.165, 1.54) is 12.6 Å². The van der Waals surface area contributed by atoms with Crippen LogP contribution in [0.2, 0.25) is 5.02 Å². The Hall–Kier alpha value is -2.21. The number of fused-ring (bicyclic) bond motifs is 1. The van der Waals surface area contributed by atoms with E-state index in [0.29, 0.717) is 23.8 Å². The number of nitrogens with zero attached hydrogens (tertiary/aromatic N) is 5. The van der Waals surface area contributed by atoms with Crippen molar-refractivity contribution in [1.82, 2.24) is 19.9 Å². The van der Waals surface area contributed by atoms with Crippen LogP contribution in [0, 0.1) is 6.92 Å². The van der Waals surface area contributed by atoms with E-state index < -0.39 is 0 Å². The number of amides is 1. The van der Waals surface area contributed by atoms with Gasteiger partial charge in [-0.2, -0.15) is 0 Å². The molecule has 4 rings (SSSR count). The van der Waals surface area contributed by atoms with Gasteiger partial charge in [0.2, 0.25) is 0 Å². The average Bonchev–Trinajstić information content (AvgIpc) is 2.89. The Bertz CT molecular complexity index is 773. The van der Waals surface area contributed by atoms with E-state index in [9.17, 15) is 4.79 Å². The minimum atomic E-state index is -0.105. The van der Waals surface area contributed by atoms with Crippen LogP contribution in [0.15, 0.2) is 18.3 Å². The molecule has 0 bridgehead atoms. The maximum Gasteiger partial charge on any atom is 0.273 e. The molecule has 0 aromatic carbocycles. The Morgan fingerprint density at radius 3 is 2.70 bits per heavy atom. The molecule has 2 aromatic rings. The zero-order valence-electron chi connectivity index (χ0n) is 12.8. The van der Waals surface area contributed by atoms with Gasteiger partial charge in [0.15, 0.2) is 0 Å². The van der Waals surface area contributed by atoms with Gasteiger partial charge >= 0.3 is 0 Å². The molecule has 6 nitrogen and oxygen atoms in total. The van der Waals surface area contributed by atoms with Crippen LogP contribution in [0.3, 0.4) is 0 Å². The van der Waals surface area contributed by atoms with Crippen LogP contribution in [-0.4, -0.2) is 38.8 Å². The standard InChI is InChI=1S/C16H16ClN5O/c1-10-19-14-9-22(16(23)13-4-3-11(17)7-18-13)8-12(14)15(20-10)21-5-2-6-21/h3-4,7H,2,5-6,8-9H2,1H3. The van der Waals surface area contributed by atoms with Crippen LogP contribution in [0.1, 0.15) is 34.0 Å². The van der Waals surface area contributed by atoms with Crippen molar-refractivity contribution in [3.05, 3.63) is 46.1 Å².